The maximum atomic E-state index is 5.77. The molecule has 0 spiro atoms. The van der Waals surface area contributed by atoms with E-state index in [1.54, 1.807) is 0 Å². The van der Waals surface area contributed by atoms with Crippen molar-refractivity contribution in [3.8, 4) is 11.6 Å². The quantitative estimate of drug-likeness (QED) is 0.792. The van der Waals surface area contributed by atoms with Gasteiger partial charge in [0.25, 0.3) is 0 Å². The van der Waals surface area contributed by atoms with Gasteiger partial charge in [0.15, 0.2) is 0 Å². The zero-order valence-electron chi connectivity index (χ0n) is 11.8. The smallest absolute Gasteiger partial charge is 0.219 e. The first-order valence-electron chi connectivity index (χ1n) is 6.78. The fourth-order valence-electron chi connectivity index (χ4n) is 1.79. The lowest BCUT2D eigenvalue weighted by Crippen LogP contribution is -2.13. The molecule has 0 atom stereocenters. The molecule has 0 aliphatic rings. The van der Waals surface area contributed by atoms with E-state index in [-0.39, 0.29) is 0 Å². The van der Waals surface area contributed by atoms with Gasteiger partial charge in [-0.25, -0.2) is 4.98 Å². The van der Waals surface area contributed by atoms with Crippen molar-refractivity contribution < 1.29 is 4.74 Å². The Kier molecular flexibility index (Phi) is 5.56. The Morgan fingerprint density at radius 2 is 2.10 bits per heavy atom. The van der Waals surface area contributed by atoms with Gasteiger partial charge >= 0.3 is 0 Å². The Bertz CT molecular complexity index is 555. The summed E-state index contributed by atoms with van der Waals surface area (Å²) < 4.78 is 6.70. The van der Waals surface area contributed by atoms with E-state index in [1.165, 1.54) is 5.56 Å². The summed E-state index contributed by atoms with van der Waals surface area (Å²) >= 11 is 3.50. The van der Waals surface area contributed by atoms with Gasteiger partial charge in [-0.15, -0.1) is 0 Å². The summed E-state index contributed by atoms with van der Waals surface area (Å²) in [5.41, 5.74) is 2.35. The highest BCUT2D eigenvalue weighted by Crippen LogP contribution is 2.29. The van der Waals surface area contributed by atoms with Gasteiger partial charge in [-0.05, 0) is 59.1 Å². The molecule has 0 amide bonds. The van der Waals surface area contributed by atoms with Crippen LogP contribution in [0, 0.1) is 6.92 Å². The molecule has 3 nitrogen and oxygen atoms in total. The highest BCUT2D eigenvalue weighted by Gasteiger charge is 2.04. The Morgan fingerprint density at radius 1 is 1.25 bits per heavy atom. The molecular formula is C16H19BrN2O. The van der Waals surface area contributed by atoms with Gasteiger partial charge in [0, 0.05) is 18.8 Å². The molecule has 0 radical (unpaired) electrons. The number of rotatable bonds is 6. The van der Waals surface area contributed by atoms with Crippen LogP contribution in [0.2, 0.25) is 0 Å². The van der Waals surface area contributed by atoms with E-state index in [4.69, 9.17) is 4.74 Å². The van der Waals surface area contributed by atoms with Crippen molar-refractivity contribution in [3.05, 3.63) is 52.1 Å². The SMILES string of the molecule is CCCNCc1ccc(Oc2ccc(C)cc2Br)nc1. The third-order valence-electron chi connectivity index (χ3n) is 2.86. The van der Waals surface area contributed by atoms with Crippen molar-refractivity contribution in [1.82, 2.24) is 10.3 Å². The number of aromatic nitrogens is 1. The van der Waals surface area contributed by atoms with Gasteiger partial charge in [-0.3, -0.25) is 0 Å². The van der Waals surface area contributed by atoms with E-state index in [1.807, 2.05) is 43.5 Å². The van der Waals surface area contributed by atoms with Crippen molar-refractivity contribution >= 4 is 15.9 Å². The van der Waals surface area contributed by atoms with Crippen molar-refractivity contribution in [3.63, 3.8) is 0 Å². The monoisotopic (exact) mass is 334 g/mol. The van der Waals surface area contributed by atoms with Crippen molar-refractivity contribution in [2.75, 3.05) is 6.54 Å². The second-order valence-electron chi connectivity index (χ2n) is 4.72. The fraction of sp³-hybridized carbons (Fsp3) is 0.312. The maximum absolute atomic E-state index is 5.77. The molecule has 0 aliphatic carbocycles. The molecule has 4 heteroatoms. The molecule has 2 aromatic rings. The van der Waals surface area contributed by atoms with Gasteiger partial charge in [0.1, 0.15) is 5.75 Å². The number of aryl methyl sites for hydroxylation is 1. The maximum Gasteiger partial charge on any atom is 0.219 e. The number of halogens is 1. The number of hydrogen-bond donors (Lipinski definition) is 1. The zero-order chi connectivity index (χ0) is 14.4. The Morgan fingerprint density at radius 3 is 2.75 bits per heavy atom. The summed E-state index contributed by atoms with van der Waals surface area (Å²) in [5, 5.41) is 3.35. The summed E-state index contributed by atoms with van der Waals surface area (Å²) in [7, 11) is 0. The summed E-state index contributed by atoms with van der Waals surface area (Å²) in [4.78, 5) is 4.33. The van der Waals surface area contributed by atoms with Crippen LogP contribution in [0.25, 0.3) is 0 Å². The molecule has 1 aromatic heterocycles. The van der Waals surface area contributed by atoms with Crippen molar-refractivity contribution in [2.24, 2.45) is 0 Å². The van der Waals surface area contributed by atoms with E-state index < -0.39 is 0 Å². The van der Waals surface area contributed by atoms with Crippen LogP contribution in [-0.2, 0) is 6.54 Å². The van der Waals surface area contributed by atoms with E-state index >= 15 is 0 Å². The minimum Gasteiger partial charge on any atom is -0.438 e. The third kappa shape index (κ3) is 4.32. The molecule has 0 aliphatic heterocycles. The van der Waals surface area contributed by atoms with E-state index in [0.717, 1.165) is 35.3 Å². The number of benzene rings is 1. The Hall–Kier alpha value is -1.39. The highest BCUT2D eigenvalue weighted by molar-refractivity contribution is 9.10. The number of nitrogens with one attached hydrogen (secondary N) is 1. The van der Waals surface area contributed by atoms with E-state index in [2.05, 4.69) is 33.2 Å². The molecule has 1 aromatic carbocycles. The third-order valence-corrected chi connectivity index (χ3v) is 3.48. The second kappa shape index (κ2) is 7.41. The molecular weight excluding hydrogens is 316 g/mol. The Balaban J connectivity index is 1.99. The summed E-state index contributed by atoms with van der Waals surface area (Å²) in [6, 6.07) is 9.92. The van der Waals surface area contributed by atoms with Crippen LogP contribution in [0.4, 0.5) is 0 Å². The molecule has 0 unspecified atom stereocenters. The van der Waals surface area contributed by atoms with Crippen LogP contribution < -0.4 is 10.1 Å². The molecule has 0 bridgehead atoms. The average molecular weight is 335 g/mol. The standard InChI is InChI=1S/C16H19BrN2O/c1-3-8-18-10-13-5-7-16(19-11-13)20-15-6-4-12(2)9-14(15)17/h4-7,9,11,18H,3,8,10H2,1-2H3. The average Bonchev–Trinajstić information content (AvgIpc) is 2.44. The topological polar surface area (TPSA) is 34.1 Å². The van der Waals surface area contributed by atoms with Crippen LogP contribution in [0.15, 0.2) is 41.0 Å². The Labute approximate surface area is 128 Å². The number of nitrogens with zero attached hydrogens (tertiary/aromatic N) is 1. The first-order chi connectivity index (χ1) is 9.69. The first kappa shape index (κ1) is 15.0. The predicted octanol–water partition coefficient (Wildman–Crippen LogP) is 4.44. The molecule has 0 saturated carbocycles. The van der Waals surface area contributed by atoms with Crippen molar-refractivity contribution in [1.29, 1.82) is 0 Å². The van der Waals surface area contributed by atoms with Gasteiger partial charge in [0.2, 0.25) is 5.88 Å². The van der Waals surface area contributed by atoms with Crippen LogP contribution in [0.3, 0.4) is 0 Å². The van der Waals surface area contributed by atoms with Gasteiger partial charge in [-0.2, -0.15) is 0 Å². The zero-order valence-corrected chi connectivity index (χ0v) is 13.4. The number of pyridine rings is 1. The number of ether oxygens (including phenoxy) is 1. The first-order valence-corrected chi connectivity index (χ1v) is 7.58. The van der Waals surface area contributed by atoms with Crippen molar-refractivity contribution in [2.45, 2.75) is 26.8 Å². The second-order valence-corrected chi connectivity index (χ2v) is 5.57. The lowest BCUT2D eigenvalue weighted by molar-refractivity contribution is 0.459. The largest absolute Gasteiger partial charge is 0.438 e. The molecule has 20 heavy (non-hydrogen) atoms. The van der Waals surface area contributed by atoms with Crippen LogP contribution in [-0.4, -0.2) is 11.5 Å². The molecule has 0 fully saturated rings. The predicted molar refractivity (Wildman–Crippen MR) is 85.2 cm³/mol. The summed E-state index contributed by atoms with van der Waals surface area (Å²) in [6.45, 7) is 6.07. The van der Waals surface area contributed by atoms with E-state index in [0.29, 0.717) is 5.88 Å². The summed E-state index contributed by atoms with van der Waals surface area (Å²) in [5.74, 6) is 1.38. The van der Waals surface area contributed by atoms with Crippen LogP contribution >= 0.6 is 15.9 Å². The van der Waals surface area contributed by atoms with Gasteiger partial charge in [-0.1, -0.05) is 19.1 Å². The molecule has 106 valence electrons. The van der Waals surface area contributed by atoms with Gasteiger partial charge < -0.3 is 10.1 Å². The van der Waals surface area contributed by atoms with Gasteiger partial charge in [0.05, 0.1) is 4.47 Å². The molecule has 2 rings (SSSR count). The molecule has 1 heterocycles. The lowest BCUT2D eigenvalue weighted by atomic mass is 10.2. The lowest BCUT2D eigenvalue weighted by Gasteiger charge is -2.08. The highest BCUT2D eigenvalue weighted by atomic mass is 79.9. The van der Waals surface area contributed by atoms with Crippen LogP contribution in [0.1, 0.15) is 24.5 Å². The number of hydrogen-bond acceptors (Lipinski definition) is 3. The fourth-order valence-corrected chi connectivity index (χ4v) is 2.36. The minimum atomic E-state index is 0.605. The van der Waals surface area contributed by atoms with E-state index in [9.17, 15) is 0 Å². The summed E-state index contributed by atoms with van der Waals surface area (Å²) in [6.07, 6.45) is 2.98. The van der Waals surface area contributed by atoms with Crippen LogP contribution in [0.5, 0.6) is 11.6 Å². The molecule has 0 saturated heterocycles. The normalized spacial score (nSPS) is 10.6. The minimum absolute atomic E-state index is 0.605. The molecule has 1 N–H and O–H groups in total.